The van der Waals surface area contributed by atoms with Gasteiger partial charge in [0, 0.05) is 12.8 Å². The molecule has 0 radical (unpaired) electrons. The molecule has 2 aliphatic rings. The first-order valence-electron chi connectivity index (χ1n) is 26.7. The van der Waals surface area contributed by atoms with E-state index in [2.05, 4.69) is 62.5 Å². The molecule has 0 aromatic carbocycles. The number of aliphatic hydroxyl groups excluding tert-OH is 7. The molecular weight excluding hydrogens is 889 g/mol. The second-order valence-corrected chi connectivity index (χ2v) is 18.7. The van der Waals surface area contributed by atoms with E-state index in [1.165, 1.54) is 64.2 Å². The first-order valence-corrected chi connectivity index (χ1v) is 26.7. The summed E-state index contributed by atoms with van der Waals surface area (Å²) in [5.41, 5.74) is 0. The van der Waals surface area contributed by atoms with Crippen LogP contribution in [0.3, 0.4) is 0 Å². The number of rotatable bonds is 41. The van der Waals surface area contributed by atoms with E-state index >= 15 is 0 Å². The highest BCUT2D eigenvalue weighted by molar-refractivity contribution is 5.70. The second-order valence-electron chi connectivity index (χ2n) is 18.7. The van der Waals surface area contributed by atoms with Crippen LogP contribution in [0.25, 0.3) is 0 Å². The molecular formula is C54H94O15. The Kier molecular flexibility index (Phi) is 37.2. The Morgan fingerprint density at radius 1 is 0.478 bits per heavy atom. The molecule has 0 amide bonds. The molecule has 0 aromatic heterocycles. The second kappa shape index (κ2) is 41.0. The van der Waals surface area contributed by atoms with E-state index < -0.39 is 92.7 Å². The fourth-order valence-electron chi connectivity index (χ4n) is 8.21. The molecule has 15 nitrogen and oxygen atoms in total. The molecule has 11 unspecified atom stereocenters. The summed E-state index contributed by atoms with van der Waals surface area (Å²) in [6.07, 6.45) is 28.4. The van der Waals surface area contributed by atoms with E-state index in [-0.39, 0.29) is 26.1 Å². The molecule has 400 valence electrons. The smallest absolute Gasteiger partial charge is 0.306 e. The fourth-order valence-corrected chi connectivity index (χ4v) is 8.21. The predicted octanol–water partition coefficient (Wildman–Crippen LogP) is 7.88. The number of esters is 2. The van der Waals surface area contributed by atoms with E-state index in [0.29, 0.717) is 12.8 Å². The number of ether oxygens (including phenoxy) is 6. The van der Waals surface area contributed by atoms with E-state index in [1.54, 1.807) is 0 Å². The molecule has 11 atom stereocenters. The van der Waals surface area contributed by atoms with Gasteiger partial charge in [-0.3, -0.25) is 9.59 Å². The lowest BCUT2D eigenvalue weighted by atomic mass is 9.98. The summed E-state index contributed by atoms with van der Waals surface area (Å²) in [7, 11) is 0. The lowest BCUT2D eigenvalue weighted by molar-refractivity contribution is -0.332. The van der Waals surface area contributed by atoms with Crippen LogP contribution in [-0.2, 0) is 38.0 Å². The van der Waals surface area contributed by atoms with E-state index in [4.69, 9.17) is 28.4 Å². The Hall–Kier alpha value is -2.54. The first-order chi connectivity index (χ1) is 33.5. The molecule has 15 heteroatoms. The molecule has 2 rings (SSSR count). The standard InChI is InChI=1S/C54H94O15/c1-3-5-7-9-11-13-15-17-19-20-21-22-23-25-27-29-31-33-35-37-46(57)67-42(39-64-45(56)36-34-32-30-28-26-24-18-16-14-12-10-8-6-4-2)40-65-53-52(63)50(61)48(59)44(69-53)41-66-54-51(62)49(60)47(58)43(38-55)68-54/h5,7,11,13,17,19,21-22,42-44,47-55,58-63H,3-4,6,8-10,12,14-16,18,20,23-41H2,1-2H3/b7-5-,13-11-,19-17-,22-21-. The number of carbonyl (C=O) groups excluding carboxylic acids is 2. The third-order valence-electron chi connectivity index (χ3n) is 12.6. The maximum absolute atomic E-state index is 13.0. The average Bonchev–Trinajstić information content (AvgIpc) is 3.34. The summed E-state index contributed by atoms with van der Waals surface area (Å²) in [5, 5.41) is 72.1. The van der Waals surface area contributed by atoms with Crippen molar-refractivity contribution >= 4 is 11.9 Å². The lowest BCUT2D eigenvalue weighted by Gasteiger charge is -2.42. The van der Waals surface area contributed by atoms with Crippen molar-refractivity contribution in [1.29, 1.82) is 0 Å². The van der Waals surface area contributed by atoms with Gasteiger partial charge in [0.05, 0.1) is 19.8 Å². The number of carbonyl (C=O) groups is 2. The monoisotopic (exact) mass is 983 g/mol. The number of aliphatic hydroxyl groups is 7. The Bertz CT molecular complexity index is 1390. The van der Waals surface area contributed by atoms with Gasteiger partial charge in [0.25, 0.3) is 0 Å². The zero-order valence-electron chi connectivity index (χ0n) is 42.3. The van der Waals surface area contributed by atoms with Crippen LogP contribution >= 0.6 is 0 Å². The molecule has 7 N–H and O–H groups in total. The van der Waals surface area contributed by atoms with E-state index in [1.807, 2.05) is 0 Å². The number of unbranched alkanes of at least 4 members (excludes halogenated alkanes) is 19. The van der Waals surface area contributed by atoms with Crippen molar-refractivity contribution in [1.82, 2.24) is 0 Å². The van der Waals surface area contributed by atoms with Crippen molar-refractivity contribution in [3.63, 3.8) is 0 Å². The minimum Gasteiger partial charge on any atom is -0.462 e. The number of hydrogen-bond donors (Lipinski definition) is 7. The van der Waals surface area contributed by atoms with E-state index in [9.17, 15) is 45.3 Å². The van der Waals surface area contributed by atoms with Crippen molar-refractivity contribution in [3.05, 3.63) is 48.6 Å². The lowest BCUT2D eigenvalue weighted by Crippen LogP contribution is -2.61. The summed E-state index contributed by atoms with van der Waals surface area (Å²) in [5.74, 6) is -0.938. The SMILES string of the molecule is CC/C=C\C/C=C\C/C=C\C/C=C\CCCCCCCCC(=O)OC(COC(=O)CCCCCCCCCCCCCCCC)COC1OC(COC2OC(CO)C(O)C(O)C2O)C(O)C(O)C1O. The van der Waals surface area contributed by atoms with Crippen LogP contribution in [0.1, 0.15) is 187 Å². The molecule has 2 saturated heterocycles. The van der Waals surface area contributed by atoms with Gasteiger partial charge < -0.3 is 64.2 Å². The highest BCUT2D eigenvalue weighted by atomic mass is 16.7. The van der Waals surface area contributed by atoms with Gasteiger partial charge in [-0.25, -0.2) is 0 Å². The van der Waals surface area contributed by atoms with Gasteiger partial charge in [-0.15, -0.1) is 0 Å². The van der Waals surface area contributed by atoms with Crippen LogP contribution in [-0.4, -0.2) is 142 Å². The van der Waals surface area contributed by atoms with Gasteiger partial charge in [-0.2, -0.15) is 0 Å². The molecule has 0 saturated carbocycles. The molecule has 0 aromatic rings. The van der Waals surface area contributed by atoms with E-state index in [0.717, 1.165) is 83.5 Å². The highest BCUT2D eigenvalue weighted by Gasteiger charge is 2.47. The third-order valence-corrected chi connectivity index (χ3v) is 12.6. The molecule has 0 spiro atoms. The van der Waals surface area contributed by atoms with Crippen LogP contribution in [0.15, 0.2) is 48.6 Å². The molecule has 2 fully saturated rings. The normalized spacial score (nSPS) is 25.9. The fraction of sp³-hybridized carbons (Fsp3) is 0.815. The van der Waals surface area contributed by atoms with Gasteiger partial charge in [0.2, 0.25) is 0 Å². The molecule has 2 aliphatic heterocycles. The van der Waals surface area contributed by atoms with Gasteiger partial charge in [0.1, 0.15) is 55.4 Å². The van der Waals surface area contributed by atoms with Crippen molar-refractivity contribution in [2.24, 2.45) is 0 Å². The van der Waals surface area contributed by atoms with Gasteiger partial charge in [-0.05, 0) is 51.4 Å². The Labute approximate surface area is 414 Å². The van der Waals surface area contributed by atoms with Crippen LogP contribution < -0.4 is 0 Å². The maximum Gasteiger partial charge on any atom is 0.306 e. The zero-order valence-corrected chi connectivity index (χ0v) is 42.3. The topological polar surface area (TPSA) is 231 Å². The Morgan fingerprint density at radius 2 is 0.913 bits per heavy atom. The van der Waals surface area contributed by atoms with Crippen LogP contribution in [0.5, 0.6) is 0 Å². The largest absolute Gasteiger partial charge is 0.462 e. The van der Waals surface area contributed by atoms with Crippen molar-refractivity contribution in [2.45, 2.75) is 255 Å². The average molecular weight is 983 g/mol. The minimum absolute atomic E-state index is 0.149. The summed E-state index contributed by atoms with van der Waals surface area (Å²) in [6.45, 7) is 2.47. The Morgan fingerprint density at radius 3 is 1.43 bits per heavy atom. The molecule has 69 heavy (non-hydrogen) atoms. The number of hydrogen-bond acceptors (Lipinski definition) is 15. The summed E-state index contributed by atoms with van der Waals surface area (Å²) in [6, 6.07) is 0. The summed E-state index contributed by atoms with van der Waals surface area (Å²) >= 11 is 0. The van der Waals surface area contributed by atoms with Crippen LogP contribution in [0, 0.1) is 0 Å². The minimum atomic E-state index is -1.77. The van der Waals surface area contributed by atoms with Crippen LogP contribution in [0.2, 0.25) is 0 Å². The maximum atomic E-state index is 13.0. The summed E-state index contributed by atoms with van der Waals surface area (Å²) in [4.78, 5) is 25.8. The first kappa shape index (κ1) is 62.6. The third kappa shape index (κ3) is 28.9. The zero-order chi connectivity index (χ0) is 50.3. The molecule has 0 aliphatic carbocycles. The van der Waals surface area contributed by atoms with Crippen molar-refractivity contribution in [2.75, 3.05) is 26.4 Å². The van der Waals surface area contributed by atoms with Crippen molar-refractivity contribution < 1.29 is 73.8 Å². The van der Waals surface area contributed by atoms with Gasteiger partial charge in [0.15, 0.2) is 18.7 Å². The molecule has 2 heterocycles. The van der Waals surface area contributed by atoms with Gasteiger partial charge in [-0.1, -0.05) is 172 Å². The predicted molar refractivity (Wildman–Crippen MR) is 266 cm³/mol. The van der Waals surface area contributed by atoms with Crippen LogP contribution in [0.4, 0.5) is 0 Å². The van der Waals surface area contributed by atoms with Crippen molar-refractivity contribution in [3.8, 4) is 0 Å². The Balaban J connectivity index is 1.80. The molecule has 0 bridgehead atoms. The quantitative estimate of drug-likeness (QED) is 0.0176. The highest BCUT2D eigenvalue weighted by Crippen LogP contribution is 2.26. The van der Waals surface area contributed by atoms with Gasteiger partial charge >= 0.3 is 11.9 Å². The number of allylic oxidation sites excluding steroid dienone is 8. The summed E-state index contributed by atoms with van der Waals surface area (Å²) < 4.78 is 33.6.